The van der Waals surface area contributed by atoms with E-state index in [0.717, 1.165) is 89.8 Å². The first-order chi connectivity index (χ1) is 35.2. The van der Waals surface area contributed by atoms with Crippen molar-refractivity contribution in [2.45, 2.75) is 41.5 Å². The first kappa shape index (κ1) is 45.6. The van der Waals surface area contributed by atoms with Gasteiger partial charge in [-0.3, -0.25) is 0 Å². The number of benzene rings is 11. The molecule has 0 aliphatic heterocycles. The highest BCUT2D eigenvalue weighted by Crippen LogP contribution is 2.52. The molecular formula is C68H58N4. The highest BCUT2D eigenvalue weighted by Gasteiger charge is 2.26. The maximum absolute atomic E-state index is 2.45. The third-order valence-electron chi connectivity index (χ3n) is 13.8. The number of aryl methyl sites for hydroxylation is 6. The predicted molar refractivity (Wildman–Crippen MR) is 309 cm³/mol. The summed E-state index contributed by atoms with van der Waals surface area (Å²) >= 11 is 0. The number of nitrogens with zero attached hydrogens (tertiary/aromatic N) is 4. The van der Waals surface area contributed by atoms with Crippen LogP contribution in [0.2, 0.25) is 0 Å². The summed E-state index contributed by atoms with van der Waals surface area (Å²) in [5, 5.41) is 4.59. The van der Waals surface area contributed by atoms with Crippen LogP contribution >= 0.6 is 0 Å². The predicted octanol–water partition coefficient (Wildman–Crippen LogP) is 19.7. The monoisotopic (exact) mass is 930 g/mol. The third-order valence-corrected chi connectivity index (χ3v) is 13.8. The second-order valence-electron chi connectivity index (χ2n) is 19.2. The molecule has 0 bridgehead atoms. The van der Waals surface area contributed by atoms with E-state index in [1.54, 1.807) is 0 Å². The molecule has 11 aromatic carbocycles. The number of rotatable bonds is 12. The van der Waals surface area contributed by atoms with E-state index in [1.807, 2.05) is 0 Å². The van der Waals surface area contributed by atoms with Crippen LogP contribution in [0.15, 0.2) is 243 Å². The van der Waals surface area contributed by atoms with Crippen LogP contribution in [0.3, 0.4) is 0 Å². The molecule has 0 aliphatic carbocycles. The molecule has 0 N–H and O–H groups in total. The number of fused-ring (bicyclic) bond motifs is 2. The third kappa shape index (κ3) is 8.96. The van der Waals surface area contributed by atoms with Crippen molar-refractivity contribution in [3.05, 3.63) is 276 Å². The molecule has 0 saturated heterocycles. The SMILES string of the molecule is Cc1ccc(N(c2ccc(C)cc2)c2ccc(N(c3ccc(C)cc3)c3c4ccccc4c(N(c4ccc(C)cc4)c4ccc(N(c5ccc(C)cc5)c5ccc(C)cc5)cc4)c4ccccc34)cc2)cc1. The van der Waals surface area contributed by atoms with Crippen molar-refractivity contribution in [3.63, 3.8) is 0 Å². The molecule has 0 unspecified atom stereocenters. The number of anilines is 12. The fourth-order valence-corrected chi connectivity index (χ4v) is 9.94. The Labute approximate surface area is 424 Å². The van der Waals surface area contributed by atoms with Crippen LogP contribution in [0.5, 0.6) is 0 Å². The van der Waals surface area contributed by atoms with Crippen molar-refractivity contribution in [1.29, 1.82) is 0 Å². The van der Waals surface area contributed by atoms with Crippen molar-refractivity contribution in [3.8, 4) is 0 Å². The van der Waals surface area contributed by atoms with Gasteiger partial charge in [0.1, 0.15) is 0 Å². The van der Waals surface area contributed by atoms with Gasteiger partial charge in [0.15, 0.2) is 0 Å². The van der Waals surface area contributed by atoms with Crippen molar-refractivity contribution < 1.29 is 0 Å². The minimum absolute atomic E-state index is 1.07. The Kier molecular flexibility index (Phi) is 12.3. The average molecular weight is 931 g/mol. The molecule has 4 heteroatoms. The molecule has 0 spiro atoms. The van der Waals surface area contributed by atoms with Crippen LogP contribution in [-0.2, 0) is 0 Å². The van der Waals surface area contributed by atoms with Gasteiger partial charge in [0.05, 0.1) is 11.4 Å². The van der Waals surface area contributed by atoms with Crippen molar-refractivity contribution in [2.75, 3.05) is 19.6 Å². The van der Waals surface area contributed by atoms with Crippen LogP contribution in [0, 0.1) is 41.5 Å². The normalized spacial score (nSPS) is 11.2. The van der Waals surface area contributed by atoms with Crippen molar-refractivity contribution >= 4 is 89.8 Å². The molecule has 4 nitrogen and oxygen atoms in total. The van der Waals surface area contributed by atoms with E-state index in [2.05, 4.69) is 304 Å². The standard InChI is InChI=1S/C68H58N4/c1-47-15-27-53(28-16-47)69(54-29-17-48(2)18-30-54)57-39-43-61(44-40-57)71(59-35-23-51(5)24-36-59)67-63-11-7-9-13-65(63)68(66-14-10-8-12-64(66)67)72(60-37-25-52(6)26-38-60)62-45-41-58(42-46-62)70(55-31-19-49(3)20-32-55)56-33-21-50(4)22-34-56/h7-46H,1-6H3. The summed E-state index contributed by atoms with van der Waals surface area (Å²) < 4.78 is 0. The minimum atomic E-state index is 1.07. The maximum atomic E-state index is 2.45. The maximum Gasteiger partial charge on any atom is 0.0619 e. The summed E-state index contributed by atoms with van der Waals surface area (Å²) in [5.41, 5.74) is 20.5. The molecule has 0 aliphatic rings. The Morgan fingerprint density at radius 1 is 0.167 bits per heavy atom. The van der Waals surface area contributed by atoms with Gasteiger partial charge in [-0.2, -0.15) is 0 Å². The van der Waals surface area contributed by atoms with Crippen LogP contribution in [0.4, 0.5) is 68.2 Å². The van der Waals surface area contributed by atoms with Crippen LogP contribution < -0.4 is 19.6 Å². The van der Waals surface area contributed by atoms with Gasteiger partial charge in [0, 0.05) is 78.4 Å². The first-order valence-corrected chi connectivity index (χ1v) is 24.9. The van der Waals surface area contributed by atoms with Crippen LogP contribution in [0.1, 0.15) is 33.4 Å². The zero-order valence-corrected chi connectivity index (χ0v) is 41.9. The van der Waals surface area contributed by atoms with Crippen molar-refractivity contribution in [2.24, 2.45) is 0 Å². The zero-order chi connectivity index (χ0) is 49.3. The van der Waals surface area contributed by atoms with Crippen molar-refractivity contribution in [1.82, 2.24) is 0 Å². The molecule has 0 fully saturated rings. The lowest BCUT2D eigenvalue weighted by molar-refractivity contribution is 1.25. The molecule has 350 valence electrons. The molecule has 0 aromatic heterocycles. The summed E-state index contributed by atoms with van der Waals surface area (Å²) in [6, 6.07) is 89.1. The Hall–Kier alpha value is -8.86. The molecule has 0 saturated carbocycles. The highest BCUT2D eigenvalue weighted by molar-refractivity contribution is 6.23. The van der Waals surface area contributed by atoms with Gasteiger partial charge in [-0.1, -0.05) is 155 Å². The van der Waals surface area contributed by atoms with Gasteiger partial charge in [-0.05, 0) is 163 Å². The second kappa shape index (κ2) is 19.5. The lowest BCUT2D eigenvalue weighted by atomic mass is 9.95. The topological polar surface area (TPSA) is 13.0 Å². The molecule has 11 aromatic rings. The van der Waals surface area contributed by atoms with Gasteiger partial charge in [0.25, 0.3) is 0 Å². The Morgan fingerprint density at radius 2 is 0.306 bits per heavy atom. The van der Waals surface area contributed by atoms with Gasteiger partial charge < -0.3 is 19.6 Å². The zero-order valence-electron chi connectivity index (χ0n) is 41.9. The molecule has 0 atom stereocenters. The lowest BCUT2D eigenvalue weighted by Gasteiger charge is -2.33. The molecule has 0 heterocycles. The smallest absolute Gasteiger partial charge is 0.0619 e. The molecule has 0 radical (unpaired) electrons. The van der Waals surface area contributed by atoms with Gasteiger partial charge in [-0.25, -0.2) is 0 Å². The van der Waals surface area contributed by atoms with Gasteiger partial charge in [-0.15, -0.1) is 0 Å². The van der Waals surface area contributed by atoms with Gasteiger partial charge >= 0.3 is 0 Å². The first-order valence-electron chi connectivity index (χ1n) is 24.9. The summed E-state index contributed by atoms with van der Waals surface area (Å²) in [6.07, 6.45) is 0. The van der Waals surface area contributed by atoms with E-state index in [4.69, 9.17) is 0 Å². The van der Waals surface area contributed by atoms with E-state index in [9.17, 15) is 0 Å². The molecule has 0 amide bonds. The summed E-state index contributed by atoms with van der Waals surface area (Å²) in [6.45, 7) is 12.9. The number of hydrogen-bond acceptors (Lipinski definition) is 4. The summed E-state index contributed by atoms with van der Waals surface area (Å²) in [5.74, 6) is 0. The Bertz CT molecular complexity index is 3240. The van der Waals surface area contributed by atoms with E-state index >= 15 is 0 Å². The Balaban J connectivity index is 1.09. The van der Waals surface area contributed by atoms with E-state index in [-0.39, 0.29) is 0 Å². The van der Waals surface area contributed by atoms with E-state index in [0.29, 0.717) is 0 Å². The highest BCUT2D eigenvalue weighted by atomic mass is 15.2. The fourth-order valence-electron chi connectivity index (χ4n) is 9.94. The van der Waals surface area contributed by atoms with Crippen LogP contribution in [0.25, 0.3) is 21.5 Å². The summed E-state index contributed by atoms with van der Waals surface area (Å²) in [7, 11) is 0. The molecule has 72 heavy (non-hydrogen) atoms. The minimum Gasteiger partial charge on any atom is -0.311 e. The lowest BCUT2D eigenvalue weighted by Crippen LogP contribution is -2.15. The van der Waals surface area contributed by atoms with Crippen LogP contribution in [-0.4, -0.2) is 0 Å². The second-order valence-corrected chi connectivity index (χ2v) is 19.2. The quantitative estimate of drug-likeness (QED) is 0.0894. The molecular weight excluding hydrogens is 873 g/mol. The molecule has 11 rings (SSSR count). The van der Waals surface area contributed by atoms with E-state index < -0.39 is 0 Å². The van der Waals surface area contributed by atoms with E-state index in [1.165, 1.54) is 33.4 Å². The Morgan fingerprint density at radius 3 is 0.472 bits per heavy atom. The summed E-state index contributed by atoms with van der Waals surface area (Å²) in [4.78, 5) is 9.59. The largest absolute Gasteiger partial charge is 0.311 e. The fraction of sp³-hybridized carbons (Fsp3) is 0.0882. The average Bonchev–Trinajstić information content (AvgIpc) is 3.41. The number of hydrogen-bond donors (Lipinski definition) is 0. The van der Waals surface area contributed by atoms with Gasteiger partial charge in [0.2, 0.25) is 0 Å².